The number of ether oxygens (including phenoxy) is 1. The number of aliphatic hydroxyl groups excluding tert-OH is 1. The number of carbonyl (C=O) groups is 2. The fourth-order valence-electron chi connectivity index (χ4n) is 2.19. The summed E-state index contributed by atoms with van der Waals surface area (Å²) in [6.45, 7) is 2.96. The number of aliphatic carboxylic acids is 1. The molecule has 134 valence electrons. The van der Waals surface area contributed by atoms with E-state index in [4.69, 9.17) is 14.9 Å². The van der Waals surface area contributed by atoms with Crippen molar-refractivity contribution in [2.24, 2.45) is 0 Å². The van der Waals surface area contributed by atoms with Gasteiger partial charge in [-0.15, -0.1) is 0 Å². The molecule has 1 aromatic carbocycles. The zero-order valence-electron chi connectivity index (χ0n) is 14.0. The van der Waals surface area contributed by atoms with Gasteiger partial charge in [-0.1, -0.05) is 30.3 Å². The summed E-state index contributed by atoms with van der Waals surface area (Å²) < 4.78 is 5.17. The van der Waals surface area contributed by atoms with Crippen LogP contribution in [0.5, 0.6) is 0 Å². The minimum absolute atomic E-state index is 0.00971. The van der Waals surface area contributed by atoms with Gasteiger partial charge in [0.15, 0.2) is 0 Å². The van der Waals surface area contributed by atoms with Gasteiger partial charge in [0.1, 0.15) is 6.61 Å². The molecule has 0 heterocycles. The largest absolute Gasteiger partial charge is 0.481 e. The van der Waals surface area contributed by atoms with E-state index in [1.165, 1.54) is 0 Å². The Kier molecular flexibility index (Phi) is 9.48. The number of nitrogens with one attached hydrogen (secondary N) is 1. The SMILES string of the molecule is CC(NC(=O)OCc1ccccc1)N(CCCCO)CCC(=O)O. The van der Waals surface area contributed by atoms with Crippen molar-refractivity contribution in [3.63, 3.8) is 0 Å². The number of hydrogen-bond donors (Lipinski definition) is 3. The Hall–Kier alpha value is -2.12. The van der Waals surface area contributed by atoms with E-state index in [-0.39, 0.29) is 25.8 Å². The molecule has 1 rings (SSSR count). The first-order valence-electron chi connectivity index (χ1n) is 8.07. The van der Waals surface area contributed by atoms with Gasteiger partial charge in [-0.25, -0.2) is 4.79 Å². The molecule has 0 saturated heterocycles. The molecule has 0 aromatic heterocycles. The lowest BCUT2D eigenvalue weighted by Crippen LogP contribution is -2.47. The molecule has 0 aliphatic carbocycles. The van der Waals surface area contributed by atoms with Crippen molar-refractivity contribution in [3.05, 3.63) is 35.9 Å². The maximum Gasteiger partial charge on any atom is 0.408 e. The van der Waals surface area contributed by atoms with Crippen LogP contribution >= 0.6 is 0 Å². The molecular weight excluding hydrogens is 312 g/mol. The van der Waals surface area contributed by atoms with Crippen molar-refractivity contribution < 1.29 is 24.5 Å². The monoisotopic (exact) mass is 338 g/mol. The predicted octanol–water partition coefficient (Wildman–Crippen LogP) is 1.81. The molecule has 0 radical (unpaired) electrons. The van der Waals surface area contributed by atoms with Crippen LogP contribution in [0.2, 0.25) is 0 Å². The number of unbranched alkanes of at least 4 members (excludes halogenated alkanes) is 1. The van der Waals surface area contributed by atoms with Gasteiger partial charge in [-0.2, -0.15) is 0 Å². The van der Waals surface area contributed by atoms with Crippen LogP contribution in [0.3, 0.4) is 0 Å². The Bertz CT molecular complexity index is 495. The van der Waals surface area contributed by atoms with Crippen LogP contribution in [0, 0.1) is 0 Å². The molecule has 7 nitrogen and oxygen atoms in total. The number of amides is 1. The summed E-state index contributed by atoms with van der Waals surface area (Å²) in [5.41, 5.74) is 0.894. The van der Waals surface area contributed by atoms with Gasteiger partial charge in [0.2, 0.25) is 0 Å². The molecule has 1 aromatic rings. The third kappa shape index (κ3) is 8.50. The lowest BCUT2D eigenvalue weighted by molar-refractivity contribution is -0.137. The second-order valence-electron chi connectivity index (χ2n) is 5.49. The first kappa shape index (κ1) is 19.9. The van der Waals surface area contributed by atoms with E-state index in [1.807, 2.05) is 35.2 Å². The van der Waals surface area contributed by atoms with Crippen molar-refractivity contribution in [2.45, 2.75) is 39.0 Å². The Morgan fingerprint density at radius 2 is 1.92 bits per heavy atom. The Balaban J connectivity index is 2.43. The second kappa shape index (κ2) is 11.4. The number of carboxylic acids is 1. The summed E-state index contributed by atoms with van der Waals surface area (Å²) in [4.78, 5) is 24.5. The lowest BCUT2D eigenvalue weighted by atomic mass is 10.2. The summed E-state index contributed by atoms with van der Waals surface area (Å²) >= 11 is 0. The summed E-state index contributed by atoms with van der Waals surface area (Å²) in [6, 6.07) is 9.36. The molecule has 0 spiro atoms. The van der Waals surface area contributed by atoms with Crippen LogP contribution < -0.4 is 5.32 Å². The van der Waals surface area contributed by atoms with Crippen molar-refractivity contribution in [3.8, 4) is 0 Å². The van der Waals surface area contributed by atoms with Gasteiger partial charge in [-0.05, 0) is 25.3 Å². The molecule has 0 fully saturated rings. The van der Waals surface area contributed by atoms with E-state index in [1.54, 1.807) is 6.92 Å². The predicted molar refractivity (Wildman–Crippen MR) is 89.4 cm³/mol. The van der Waals surface area contributed by atoms with Crippen LogP contribution in [0.15, 0.2) is 30.3 Å². The van der Waals surface area contributed by atoms with E-state index in [9.17, 15) is 9.59 Å². The molecule has 24 heavy (non-hydrogen) atoms. The molecule has 0 bridgehead atoms. The first-order chi connectivity index (χ1) is 11.5. The van der Waals surface area contributed by atoms with Crippen LogP contribution in [0.4, 0.5) is 4.79 Å². The molecule has 7 heteroatoms. The molecule has 1 atom stereocenters. The average molecular weight is 338 g/mol. The molecule has 0 saturated carbocycles. The number of benzene rings is 1. The van der Waals surface area contributed by atoms with Crippen molar-refractivity contribution in [1.29, 1.82) is 0 Å². The van der Waals surface area contributed by atoms with Gasteiger partial charge >= 0.3 is 12.1 Å². The van der Waals surface area contributed by atoms with Crippen molar-refractivity contribution in [2.75, 3.05) is 19.7 Å². The zero-order valence-corrected chi connectivity index (χ0v) is 14.0. The highest BCUT2D eigenvalue weighted by Gasteiger charge is 2.17. The second-order valence-corrected chi connectivity index (χ2v) is 5.49. The summed E-state index contributed by atoms with van der Waals surface area (Å²) in [5.74, 6) is -0.888. The van der Waals surface area contributed by atoms with Crippen molar-refractivity contribution >= 4 is 12.1 Å². The Morgan fingerprint density at radius 1 is 1.21 bits per heavy atom. The van der Waals surface area contributed by atoms with Gasteiger partial charge in [0, 0.05) is 19.7 Å². The number of nitrogens with zero attached hydrogens (tertiary/aromatic N) is 1. The van der Waals surface area contributed by atoms with Gasteiger partial charge in [-0.3, -0.25) is 9.69 Å². The first-order valence-corrected chi connectivity index (χ1v) is 8.07. The normalized spacial score (nSPS) is 12.0. The Morgan fingerprint density at radius 3 is 2.54 bits per heavy atom. The quantitative estimate of drug-likeness (QED) is 0.420. The smallest absolute Gasteiger partial charge is 0.408 e. The van der Waals surface area contributed by atoms with E-state index in [0.29, 0.717) is 19.5 Å². The van der Waals surface area contributed by atoms with Gasteiger partial charge in [0.25, 0.3) is 0 Å². The number of rotatable bonds is 11. The van der Waals surface area contributed by atoms with Crippen LogP contribution in [0.1, 0.15) is 31.7 Å². The third-order valence-electron chi connectivity index (χ3n) is 3.55. The van der Waals surface area contributed by atoms with E-state index >= 15 is 0 Å². The summed E-state index contributed by atoms with van der Waals surface area (Å²) in [7, 11) is 0. The van der Waals surface area contributed by atoms with Crippen LogP contribution in [-0.4, -0.2) is 53.0 Å². The van der Waals surface area contributed by atoms with Crippen LogP contribution in [0.25, 0.3) is 0 Å². The zero-order chi connectivity index (χ0) is 17.8. The van der Waals surface area contributed by atoms with E-state index in [2.05, 4.69) is 5.32 Å². The number of hydrogen-bond acceptors (Lipinski definition) is 5. The maximum atomic E-state index is 11.9. The van der Waals surface area contributed by atoms with Gasteiger partial charge in [0.05, 0.1) is 12.6 Å². The lowest BCUT2D eigenvalue weighted by Gasteiger charge is -2.28. The molecule has 3 N–H and O–H groups in total. The summed E-state index contributed by atoms with van der Waals surface area (Å²) in [5, 5.41) is 20.4. The van der Waals surface area contributed by atoms with Crippen molar-refractivity contribution in [1.82, 2.24) is 10.2 Å². The van der Waals surface area contributed by atoms with E-state index in [0.717, 1.165) is 12.0 Å². The van der Waals surface area contributed by atoms with E-state index < -0.39 is 12.1 Å². The number of alkyl carbamates (subject to hydrolysis) is 1. The molecule has 0 aliphatic heterocycles. The topological polar surface area (TPSA) is 99.1 Å². The number of carboxylic acid groups (broad SMARTS) is 1. The molecule has 1 unspecified atom stereocenters. The highest BCUT2D eigenvalue weighted by atomic mass is 16.5. The standard InChI is InChI=1S/C17H26N2O5/c1-14(19(10-5-6-12-20)11-9-16(21)22)18-17(23)24-13-15-7-3-2-4-8-15/h2-4,7-8,14,20H,5-6,9-13H2,1H3,(H,18,23)(H,21,22). The fraction of sp³-hybridized carbons (Fsp3) is 0.529. The number of aliphatic hydroxyl groups is 1. The minimum Gasteiger partial charge on any atom is -0.481 e. The molecular formula is C17H26N2O5. The minimum atomic E-state index is -0.888. The highest BCUT2D eigenvalue weighted by Crippen LogP contribution is 2.04. The Labute approximate surface area is 142 Å². The fourth-order valence-corrected chi connectivity index (χ4v) is 2.19. The number of carbonyl (C=O) groups excluding carboxylic acids is 1. The van der Waals surface area contributed by atoms with Gasteiger partial charge < -0.3 is 20.3 Å². The third-order valence-corrected chi connectivity index (χ3v) is 3.55. The average Bonchev–Trinajstić information content (AvgIpc) is 2.56. The molecule has 1 amide bonds. The summed E-state index contributed by atoms with van der Waals surface area (Å²) in [6.07, 6.45) is 0.445. The maximum absolute atomic E-state index is 11.9. The van der Waals surface area contributed by atoms with Crippen LogP contribution in [-0.2, 0) is 16.1 Å². The highest BCUT2D eigenvalue weighted by molar-refractivity contribution is 5.68. The molecule has 0 aliphatic rings.